The molecule has 3 aliphatic carbocycles. The van der Waals surface area contributed by atoms with Crippen molar-refractivity contribution in [2.24, 2.45) is 17.3 Å². The minimum atomic E-state index is 0.131. The molecule has 2 unspecified atom stereocenters. The molecule has 5 aliphatic rings. The normalized spacial score (nSPS) is 60.1. The Morgan fingerprint density at radius 1 is 1.53 bits per heavy atom. The van der Waals surface area contributed by atoms with Crippen molar-refractivity contribution < 1.29 is 9.53 Å². The fourth-order valence-corrected chi connectivity index (χ4v) is 4.72. The first-order valence-corrected chi connectivity index (χ1v) is 6.01. The molecular weight excluding hydrogens is 188 g/mol. The lowest BCUT2D eigenvalue weighted by Gasteiger charge is -2.47. The Hall–Kier alpha value is -0.630. The Kier molecular flexibility index (Phi) is 1.26. The molecule has 15 heavy (non-hydrogen) atoms. The monoisotopic (exact) mass is 204 g/mol. The highest BCUT2D eigenvalue weighted by atomic mass is 16.5. The van der Waals surface area contributed by atoms with Gasteiger partial charge in [0, 0.05) is 12.3 Å². The molecular formula is C13H16O2. The van der Waals surface area contributed by atoms with Crippen LogP contribution in [0.25, 0.3) is 0 Å². The molecule has 0 radical (unpaired) electrons. The maximum absolute atomic E-state index is 11.5. The van der Waals surface area contributed by atoms with Crippen molar-refractivity contribution >= 4 is 5.78 Å². The summed E-state index contributed by atoms with van der Waals surface area (Å²) < 4.78 is 6.17. The summed E-state index contributed by atoms with van der Waals surface area (Å²) in [6.45, 7) is 2.27. The van der Waals surface area contributed by atoms with Crippen LogP contribution in [0.15, 0.2) is 12.2 Å². The third-order valence-electron chi connectivity index (χ3n) is 5.32. The lowest BCUT2D eigenvalue weighted by atomic mass is 9.62. The first-order chi connectivity index (χ1) is 7.11. The molecule has 2 aliphatic heterocycles. The van der Waals surface area contributed by atoms with Crippen molar-refractivity contribution in [2.45, 2.75) is 44.3 Å². The number of hydrogen-bond acceptors (Lipinski definition) is 2. The largest absolute Gasteiger partial charge is 0.371 e. The average molecular weight is 204 g/mol. The molecule has 2 heteroatoms. The van der Waals surface area contributed by atoms with E-state index in [4.69, 9.17) is 4.74 Å². The minimum Gasteiger partial charge on any atom is -0.371 e. The van der Waals surface area contributed by atoms with Crippen LogP contribution in [-0.2, 0) is 9.53 Å². The van der Waals surface area contributed by atoms with Crippen LogP contribution in [0, 0.1) is 17.3 Å². The van der Waals surface area contributed by atoms with Crippen molar-refractivity contribution in [1.29, 1.82) is 0 Å². The summed E-state index contributed by atoms with van der Waals surface area (Å²) in [4.78, 5) is 11.5. The predicted octanol–water partition coefficient (Wildman–Crippen LogP) is 2.09. The van der Waals surface area contributed by atoms with Crippen LogP contribution < -0.4 is 0 Å². The SMILES string of the molecule is CC12C[C@@]34C=CC(=O)C[C@@H]3[C@H](CC1C4)O2. The molecule has 2 heterocycles. The highest BCUT2D eigenvalue weighted by molar-refractivity contribution is 5.91. The van der Waals surface area contributed by atoms with Gasteiger partial charge in [-0.05, 0) is 43.6 Å². The maximum atomic E-state index is 11.5. The van der Waals surface area contributed by atoms with Crippen LogP contribution in [-0.4, -0.2) is 17.5 Å². The maximum Gasteiger partial charge on any atom is 0.155 e. The standard InChI is InChI=1S/C13H16O2/c1-12-7-13-3-2-9(14)5-10(13)11(15-12)4-8(12)6-13/h2-3,8,10-11H,4-7H2,1H3/t8?,10-,11+,12?,13+/m1/s1. The smallest absolute Gasteiger partial charge is 0.155 e. The van der Waals surface area contributed by atoms with Gasteiger partial charge in [0.05, 0.1) is 11.7 Å². The van der Waals surface area contributed by atoms with Crippen molar-refractivity contribution in [3.05, 3.63) is 12.2 Å². The van der Waals surface area contributed by atoms with Gasteiger partial charge in [-0.15, -0.1) is 0 Å². The van der Waals surface area contributed by atoms with E-state index in [1.54, 1.807) is 0 Å². The Balaban J connectivity index is 1.86. The zero-order chi connectivity index (χ0) is 10.3. The van der Waals surface area contributed by atoms with Gasteiger partial charge in [0.2, 0.25) is 0 Å². The summed E-state index contributed by atoms with van der Waals surface area (Å²) >= 11 is 0. The van der Waals surface area contributed by atoms with Crippen molar-refractivity contribution in [3.63, 3.8) is 0 Å². The van der Waals surface area contributed by atoms with Crippen LogP contribution in [0.3, 0.4) is 0 Å². The molecule has 4 fully saturated rings. The second-order valence-corrected chi connectivity index (χ2v) is 6.13. The van der Waals surface area contributed by atoms with E-state index in [-0.39, 0.29) is 5.60 Å². The molecule has 4 bridgehead atoms. The topological polar surface area (TPSA) is 26.3 Å². The van der Waals surface area contributed by atoms with Crippen LogP contribution >= 0.6 is 0 Å². The average Bonchev–Trinajstić information content (AvgIpc) is 2.54. The van der Waals surface area contributed by atoms with E-state index in [0.29, 0.717) is 23.2 Å². The fraction of sp³-hybridized carbons (Fsp3) is 0.769. The molecule has 1 spiro atoms. The van der Waals surface area contributed by atoms with Crippen molar-refractivity contribution in [2.75, 3.05) is 0 Å². The summed E-state index contributed by atoms with van der Waals surface area (Å²) in [5, 5.41) is 0. The highest BCUT2D eigenvalue weighted by Crippen LogP contribution is 2.68. The predicted molar refractivity (Wildman–Crippen MR) is 55.3 cm³/mol. The molecule has 0 aromatic heterocycles. The van der Waals surface area contributed by atoms with Crippen LogP contribution in [0.5, 0.6) is 0 Å². The third kappa shape index (κ3) is 0.840. The van der Waals surface area contributed by atoms with Crippen molar-refractivity contribution in [3.8, 4) is 0 Å². The van der Waals surface area contributed by atoms with Crippen LogP contribution in [0.2, 0.25) is 0 Å². The van der Waals surface area contributed by atoms with E-state index in [1.165, 1.54) is 12.8 Å². The van der Waals surface area contributed by atoms with Crippen LogP contribution in [0.4, 0.5) is 0 Å². The van der Waals surface area contributed by atoms with E-state index in [2.05, 4.69) is 13.0 Å². The number of allylic oxidation sites excluding steroid dienone is 2. The Morgan fingerprint density at radius 2 is 2.40 bits per heavy atom. The van der Waals surface area contributed by atoms with Gasteiger partial charge in [-0.25, -0.2) is 0 Å². The number of carbonyl (C=O) groups is 1. The van der Waals surface area contributed by atoms with E-state index in [0.717, 1.165) is 18.8 Å². The van der Waals surface area contributed by atoms with Gasteiger partial charge in [0.25, 0.3) is 0 Å². The van der Waals surface area contributed by atoms with Gasteiger partial charge < -0.3 is 4.74 Å². The number of ketones is 1. The zero-order valence-corrected chi connectivity index (χ0v) is 9.03. The molecule has 2 saturated carbocycles. The summed E-state index contributed by atoms with van der Waals surface area (Å²) in [5.74, 6) is 1.53. The minimum absolute atomic E-state index is 0.131. The van der Waals surface area contributed by atoms with Gasteiger partial charge in [-0.1, -0.05) is 6.08 Å². The Morgan fingerprint density at radius 3 is 3.20 bits per heavy atom. The molecule has 0 aromatic carbocycles. The highest BCUT2D eigenvalue weighted by Gasteiger charge is 2.67. The van der Waals surface area contributed by atoms with E-state index in [1.807, 2.05) is 6.08 Å². The zero-order valence-electron chi connectivity index (χ0n) is 9.03. The summed E-state index contributed by atoms with van der Waals surface area (Å²) in [5.41, 5.74) is 0.459. The third-order valence-corrected chi connectivity index (χ3v) is 5.32. The Labute approximate surface area is 89.7 Å². The molecule has 80 valence electrons. The first kappa shape index (κ1) is 8.51. The van der Waals surface area contributed by atoms with Gasteiger partial charge in [0.15, 0.2) is 5.78 Å². The summed E-state index contributed by atoms with van der Waals surface area (Å²) in [6.07, 6.45) is 8.75. The van der Waals surface area contributed by atoms with E-state index >= 15 is 0 Å². The van der Waals surface area contributed by atoms with Gasteiger partial charge in [-0.2, -0.15) is 0 Å². The molecule has 2 nitrogen and oxygen atoms in total. The molecule has 0 amide bonds. The van der Waals surface area contributed by atoms with Gasteiger partial charge in [-0.3, -0.25) is 4.79 Å². The fourth-order valence-electron chi connectivity index (χ4n) is 4.72. The summed E-state index contributed by atoms with van der Waals surface area (Å²) in [7, 11) is 0. The van der Waals surface area contributed by atoms with E-state index < -0.39 is 0 Å². The summed E-state index contributed by atoms with van der Waals surface area (Å²) in [6, 6.07) is 0. The second kappa shape index (κ2) is 2.22. The Bertz CT molecular complexity index is 386. The lowest BCUT2D eigenvalue weighted by Crippen LogP contribution is -2.46. The quantitative estimate of drug-likeness (QED) is 0.604. The molecule has 5 atom stereocenters. The molecule has 0 N–H and O–H groups in total. The lowest BCUT2D eigenvalue weighted by molar-refractivity contribution is -0.137. The van der Waals surface area contributed by atoms with Gasteiger partial charge >= 0.3 is 0 Å². The number of rotatable bonds is 0. The van der Waals surface area contributed by atoms with Gasteiger partial charge in [0.1, 0.15) is 0 Å². The van der Waals surface area contributed by atoms with E-state index in [9.17, 15) is 4.79 Å². The number of ether oxygens (including phenoxy) is 1. The number of hydrogen-bond donors (Lipinski definition) is 0. The number of carbonyl (C=O) groups excluding carboxylic acids is 1. The molecule has 2 saturated heterocycles. The second-order valence-electron chi connectivity index (χ2n) is 6.13. The van der Waals surface area contributed by atoms with Crippen molar-refractivity contribution in [1.82, 2.24) is 0 Å². The molecule has 0 aromatic rings. The molecule has 5 rings (SSSR count). The van der Waals surface area contributed by atoms with Crippen LogP contribution in [0.1, 0.15) is 32.6 Å². The first-order valence-electron chi connectivity index (χ1n) is 6.01.